The number of H-pyrrole nitrogens is 1. The van der Waals surface area contributed by atoms with Gasteiger partial charge in [-0.1, -0.05) is 25.8 Å². The zero-order chi connectivity index (χ0) is 26.2. The lowest BCUT2D eigenvalue weighted by atomic mass is 9.83. The number of benzene rings is 1. The number of allylic oxidation sites excluding steroid dienone is 3. The Balaban J connectivity index is 1.84. The number of rotatable bonds is 9. The van der Waals surface area contributed by atoms with Crippen LogP contribution in [0.1, 0.15) is 46.5 Å². The molecule has 10 heteroatoms. The number of nitrogens with zero attached hydrogens (tertiary/aromatic N) is 3. The number of hydrogen-bond acceptors (Lipinski definition) is 6. The molecule has 36 heavy (non-hydrogen) atoms. The van der Waals surface area contributed by atoms with Crippen LogP contribution in [-0.2, 0) is 17.9 Å². The maximum absolute atomic E-state index is 13.1. The molecule has 10 nitrogen and oxygen atoms in total. The lowest BCUT2D eigenvalue weighted by Gasteiger charge is -2.26. The fourth-order valence-corrected chi connectivity index (χ4v) is 4.15. The van der Waals surface area contributed by atoms with Gasteiger partial charge in [0, 0.05) is 13.1 Å². The molecule has 4 N–H and O–H groups in total. The van der Waals surface area contributed by atoms with E-state index < -0.39 is 11.6 Å². The summed E-state index contributed by atoms with van der Waals surface area (Å²) in [6.45, 7) is 6.57. The molecule has 0 spiro atoms. The molecule has 2 aromatic rings. The van der Waals surface area contributed by atoms with Crippen LogP contribution in [0.2, 0.25) is 0 Å². The maximum atomic E-state index is 13.1. The molecule has 3 rings (SSSR count). The standard InChI is InChI=1S/C26H34N6O4/c1-4-31-25(34)30-24(32(26(31)35)16-19-10-8-17(2)9-11-19)29-20-12-14-21(15-13-20)36-18(3)6-5-7-22(27)23(28)33/h5-7,12-15,17,19,27H,4,8-11,16H2,1-3H3,(H2,28,33)(H,29,30,34)/b7-5-,18-6+,27-22?. The van der Waals surface area contributed by atoms with E-state index >= 15 is 0 Å². The molecule has 0 radical (unpaired) electrons. The normalized spacial score (nSPS) is 19.0. The summed E-state index contributed by atoms with van der Waals surface area (Å²) in [4.78, 5) is 43.8. The van der Waals surface area contributed by atoms with Crippen LogP contribution in [0.4, 0.5) is 5.69 Å². The summed E-state index contributed by atoms with van der Waals surface area (Å²) >= 11 is 0. The van der Waals surface area contributed by atoms with Gasteiger partial charge in [-0.05, 0) is 74.9 Å². The Kier molecular flexibility index (Phi) is 8.99. The van der Waals surface area contributed by atoms with Crippen LogP contribution in [0.5, 0.6) is 5.75 Å². The van der Waals surface area contributed by atoms with Crippen LogP contribution in [0.15, 0.2) is 62.8 Å². The molecule has 1 aromatic heterocycles. The van der Waals surface area contributed by atoms with Crippen molar-refractivity contribution in [3.8, 4) is 5.75 Å². The average Bonchev–Trinajstić information content (AvgIpc) is 2.84. The summed E-state index contributed by atoms with van der Waals surface area (Å²) in [5.41, 5.74) is 4.69. The molecule has 1 amide bonds. The van der Waals surface area contributed by atoms with Crippen molar-refractivity contribution in [3.63, 3.8) is 0 Å². The molecule has 0 unspecified atom stereocenters. The fraction of sp³-hybridized carbons (Fsp3) is 0.423. The van der Waals surface area contributed by atoms with E-state index in [0.29, 0.717) is 35.6 Å². The number of amides is 1. The van der Waals surface area contributed by atoms with Gasteiger partial charge in [0.1, 0.15) is 17.2 Å². The highest BCUT2D eigenvalue weighted by molar-refractivity contribution is 6.41. The molecule has 192 valence electrons. The Morgan fingerprint density at radius 2 is 1.86 bits per heavy atom. The quantitative estimate of drug-likeness (QED) is 0.279. The number of nitrogens with one attached hydrogen (secondary N) is 2. The smallest absolute Gasteiger partial charge is 0.334 e. The van der Waals surface area contributed by atoms with E-state index in [2.05, 4.69) is 16.9 Å². The summed E-state index contributed by atoms with van der Waals surface area (Å²) < 4.78 is 8.50. The van der Waals surface area contributed by atoms with Crippen molar-refractivity contribution in [3.05, 3.63) is 74.8 Å². The molecule has 1 aliphatic rings. The predicted octanol–water partition coefficient (Wildman–Crippen LogP) is 2.76. The van der Waals surface area contributed by atoms with Crippen molar-refractivity contribution < 1.29 is 9.53 Å². The molecular weight excluding hydrogens is 460 g/mol. The van der Waals surface area contributed by atoms with Crippen molar-refractivity contribution >= 4 is 17.3 Å². The topological polar surface area (TPSA) is 148 Å². The lowest BCUT2D eigenvalue weighted by molar-refractivity contribution is -0.111. The minimum atomic E-state index is -0.805. The van der Waals surface area contributed by atoms with Crippen molar-refractivity contribution in [1.82, 2.24) is 14.1 Å². The van der Waals surface area contributed by atoms with Gasteiger partial charge < -0.3 is 10.5 Å². The van der Waals surface area contributed by atoms with Crippen molar-refractivity contribution in [2.75, 3.05) is 0 Å². The molecule has 1 fully saturated rings. The first-order chi connectivity index (χ1) is 17.2. The van der Waals surface area contributed by atoms with Crippen LogP contribution in [-0.4, -0.2) is 25.7 Å². The second-order valence-corrected chi connectivity index (χ2v) is 9.14. The fourth-order valence-electron chi connectivity index (χ4n) is 4.15. The van der Waals surface area contributed by atoms with E-state index in [1.165, 1.54) is 16.7 Å². The highest BCUT2D eigenvalue weighted by Gasteiger charge is 2.20. The van der Waals surface area contributed by atoms with Crippen LogP contribution < -0.4 is 27.5 Å². The highest BCUT2D eigenvalue weighted by Crippen LogP contribution is 2.28. The average molecular weight is 495 g/mol. The molecular formula is C26H34N6O4. The molecule has 0 saturated heterocycles. The number of carbonyl (C=O) groups is 1. The van der Waals surface area contributed by atoms with Gasteiger partial charge in [0.05, 0.1) is 5.69 Å². The summed E-state index contributed by atoms with van der Waals surface area (Å²) in [7, 11) is 0. The van der Waals surface area contributed by atoms with E-state index in [1.807, 2.05) is 0 Å². The van der Waals surface area contributed by atoms with E-state index in [4.69, 9.17) is 15.9 Å². The van der Waals surface area contributed by atoms with Crippen molar-refractivity contribution in [2.24, 2.45) is 22.6 Å². The molecule has 1 saturated carbocycles. The van der Waals surface area contributed by atoms with Gasteiger partial charge in [-0.15, -0.1) is 0 Å². The summed E-state index contributed by atoms with van der Waals surface area (Å²) in [5.74, 6) is 1.37. The van der Waals surface area contributed by atoms with Gasteiger partial charge in [0.2, 0.25) is 5.62 Å². The summed E-state index contributed by atoms with van der Waals surface area (Å²) in [6, 6.07) is 6.92. The van der Waals surface area contributed by atoms with Gasteiger partial charge in [-0.3, -0.25) is 19.8 Å². The third-order valence-electron chi connectivity index (χ3n) is 6.28. The summed E-state index contributed by atoms with van der Waals surface area (Å²) in [5, 5.41) is 7.38. The maximum Gasteiger partial charge on any atom is 0.334 e. The largest absolute Gasteiger partial charge is 0.462 e. The number of hydrogen-bond donors (Lipinski definition) is 3. The first-order valence-corrected chi connectivity index (χ1v) is 12.2. The van der Waals surface area contributed by atoms with Gasteiger partial charge >= 0.3 is 11.4 Å². The Labute approximate surface area is 209 Å². The zero-order valence-electron chi connectivity index (χ0n) is 21.0. The van der Waals surface area contributed by atoms with Crippen molar-refractivity contribution in [1.29, 1.82) is 5.41 Å². The number of carbonyl (C=O) groups excluding carboxylic acids is 1. The molecule has 1 aliphatic carbocycles. The SMILES string of the molecule is CCn1c(=O)[nH]/c(=N\c2ccc(O/C(C)=C/C=C\C(=N)C(N)=O)cc2)n(CC2CCC(C)CC2)c1=O. The van der Waals surface area contributed by atoms with E-state index in [-0.39, 0.29) is 23.6 Å². The first-order valence-electron chi connectivity index (χ1n) is 12.2. The minimum Gasteiger partial charge on any atom is -0.462 e. The number of nitrogens with two attached hydrogens (primary N) is 1. The van der Waals surface area contributed by atoms with Crippen LogP contribution in [0.3, 0.4) is 0 Å². The molecule has 0 atom stereocenters. The van der Waals surface area contributed by atoms with Crippen molar-refractivity contribution in [2.45, 2.75) is 59.5 Å². The van der Waals surface area contributed by atoms with E-state index in [0.717, 1.165) is 25.7 Å². The number of ether oxygens (including phenoxy) is 1. The second kappa shape index (κ2) is 12.1. The monoisotopic (exact) mass is 494 g/mol. The second-order valence-electron chi connectivity index (χ2n) is 9.14. The third kappa shape index (κ3) is 7.03. The number of aromatic amines is 1. The number of primary amides is 1. The Morgan fingerprint density at radius 3 is 2.47 bits per heavy atom. The van der Waals surface area contributed by atoms with Gasteiger partial charge in [0.25, 0.3) is 5.91 Å². The molecule has 0 aliphatic heterocycles. The van der Waals surface area contributed by atoms with Gasteiger partial charge in [-0.25, -0.2) is 19.1 Å². The molecule has 0 bridgehead atoms. The number of aromatic nitrogens is 3. The van der Waals surface area contributed by atoms with Gasteiger partial charge in [-0.2, -0.15) is 0 Å². The zero-order valence-corrected chi connectivity index (χ0v) is 21.0. The Hall–Kier alpha value is -3.95. The van der Waals surface area contributed by atoms with E-state index in [1.54, 1.807) is 48.8 Å². The van der Waals surface area contributed by atoms with Gasteiger partial charge in [0.15, 0.2) is 0 Å². The Bertz CT molecular complexity index is 1340. The Morgan fingerprint density at radius 1 is 1.19 bits per heavy atom. The molecule has 1 heterocycles. The highest BCUT2D eigenvalue weighted by atomic mass is 16.5. The van der Waals surface area contributed by atoms with Crippen LogP contribution in [0, 0.1) is 17.2 Å². The third-order valence-corrected chi connectivity index (χ3v) is 6.28. The van der Waals surface area contributed by atoms with E-state index in [9.17, 15) is 14.4 Å². The van der Waals surface area contributed by atoms with Crippen LogP contribution >= 0.6 is 0 Å². The first kappa shape index (κ1) is 26.7. The lowest BCUT2D eigenvalue weighted by Crippen LogP contribution is -2.50. The molecule has 1 aromatic carbocycles. The summed E-state index contributed by atoms with van der Waals surface area (Å²) in [6.07, 6.45) is 8.79. The predicted molar refractivity (Wildman–Crippen MR) is 138 cm³/mol. The minimum absolute atomic E-state index is 0.236. The van der Waals surface area contributed by atoms with Crippen LogP contribution in [0.25, 0.3) is 0 Å².